The minimum absolute atomic E-state index is 0.0291. The summed E-state index contributed by atoms with van der Waals surface area (Å²) >= 11 is 0. The van der Waals surface area contributed by atoms with Crippen LogP contribution in [-0.4, -0.2) is 46.5 Å². The number of amides is 2. The van der Waals surface area contributed by atoms with Crippen LogP contribution in [0.25, 0.3) is 0 Å². The van der Waals surface area contributed by atoms with E-state index in [-0.39, 0.29) is 11.6 Å². The standard InChI is InChI=1S/C15H20N2O3/c1-3-16(4-2)15(20)17-8-7-11-5-6-12(14(18)19)9-13(11)10-17/h5-6,9H,3-4,7-8,10H2,1-2H3,(H,18,19). The molecule has 1 aromatic rings. The van der Waals surface area contributed by atoms with Gasteiger partial charge in [-0.1, -0.05) is 6.07 Å². The monoisotopic (exact) mass is 276 g/mol. The number of fused-ring (bicyclic) bond motifs is 1. The highest BCUT2D eigenvalue weighted by molar-refractivity contribution is 5.88. The maximum Gasteiger partial charge on any atom is 0.335 e. The van der Waals surface area contributed by atoms with Gasteiger partial charge >= 0.3 is 12.0 Å². The number of rotatable bonds is 3. The van der Waals surface area contributed by atoms with Gasteiger partial charge in [-0.15, -0.1) is 0 Å². The molecule has 0 aliphatic carbocycles. The Morgan fingerprint density at radius 2 is 1.95 bits per heavy atom. The number of aromatic carboxylic acids is 1. The summed E-state index contributed by atoms with van der Waals surface area (Å²) in [4.78, 5) is 26.9. The van der Waals surface area contributed by atoms with Crippen LogP contribution in [0.1, 0.15) is 35.3 Å². The van der Waals surface area contributed by atoms with Gasteiger partial charge in [0.15, 0.2) is 0 Å². The molecule has 5 heteroatoms. The summed E-state index contributed by atoms with van der Waals surface area (Å²) in [7, 11) is 0. The number of carboxylic acid groups (broad SMARTS) is 1. The number of hydrogen-bond donors (Lipinski definition) is 1. The van der Waals surface area contributed by atoms with Crippen molar-refractivity contribution in [2.75, 3.05) is 19.6 Å². The van der Waals surface area contributed by atoms with E-state index < -0.39 is 5.97 Å². The van der Waals surface area contributed by atoms with Crippen molar-refractivity contribution in [3.8, 4) is 0 Å². The van der Waals surface area contributed by atoms with Gasteiger partial charge in [0.2, 0.25) is 0 Å². The van der Waals surface area contributed by atoms with Gasteiger partial charge in [-0.05, 0) is 43.5 Å². The molecule has 1 heterocycles. The lowest BCUT2D eigenvalue weighted by Gasteiger charge is -2.33. The number of hydrogen-bond acceptors (Lipinski definition) is 2. The molecule has 0 atom stereocenters. The highest BCUT2D eigenvalue weighted by Gasteiger charge is 2.24. The highest BCUT2D eigenvalue weighted by Crippen LogP contribution is 2.21. The fourth-order valence-electron chi connectivity index (χ4n) is 2.55. The predicted molar refractivity (Wildman–Crippen MR) is 75.8 cm³/mol. The smallest absolute Gasteiger partial charge is 0.335 e. The zero-order valence-electron chi connectivity index (χ0n) is 11.9. The number of urea groups is 1. The second-order valence-corrected chi connectivity index (χ2v) is 4.92. The van der Waals surface area contributed by atoms with Crippen LogP contribution >= 0.6 is 0 Å². The van der Waals surface area contributed by atoms with Crippen LogP contribution in [0.3, 0.4) is 0 Å². The second-order valence-electron chi connectivity index (χ2n) is 4.92. The van der Waals surface area contributed by atoms with Gasteiger partial charge in [-0.25, -0.2) is 9.59 Å². The molecule has 1 N–H and O–H groups in total. The second kappa shape index (κ2) is 5.94. The van der Waals surface area contributed by atoms with Gasteiger partial charge in [0.05, 0.1) is 5.56 Å². The van der Waals surface area contributed by atoms with Gasteiger partial charge in [0, 0.05) is 26.2 Å². The molecule has 0 unspecified atom stereocenters. The van der Waals surface area contributed by atoms with Crippen molar-refractivity contribution in [1.82, 2.24) is 9.80 Å². The lowest BCUT2D eigenvalue weighted by atomic mass is 9.97. The van der Waals surface area contributed by atoms with E-state index in [2.05, 4.69) is 0 Å². The molecule has 1 aliphatic heterocycles. The van der Waals surface area contributed by atoms with Crippen LogP contribution in [-0.2, 0) is 13.0 Å². The van der Waals surface area contributed by atoms with Crippen molar-refractivity contribution < 1.29 is 14.7 Å². The maximum absolute atomic E-state index is 12.3. The normalized spacial score (nSPS) is 13.8. The first kappa shape index (κ1) is 14.4. The van der Waals surface area contributed by atoms with Crippen molar-refractivity contribution in [2.24, 2.45) is 0 Å². The van der Waals surface area contributed by atoms with Crippen LogP contribution in [0.4, 0.5) is 4.79 Å². The molecule has 0 radical (unpaired) electrons. The minimum atomic E-state index is -0.931. The van der Waals surface area contributed by atoms with Gasteiger partial charge in [0.1, 0.15) is 0 Å². The van der Waals surface area contributed by atoms with Crippen molar-refractivity contribution in [1.29, 1.82) is 0 Å². The number of nitrogens with zero attached hydrogens (tertiary/aromatic N) is 2. The van der Waals surface area contributed by atoms with Crippen LogP contribution in [0.2, 0.25) is 0 Å². The van der Waals surface area contributed by atoms with E-state index in [0.29, 0.717) is 26.2 Å². The average Bonchev–Trinajstić information content (AvgIpc) is 2.47. The van der Waals surface area contributed by atoms with Crippen LogP contribution in [0.15, 0.2) is 18.2 Å². The molecule has 0 fully saturated rings. The van der Waals surface area contributed by atoms with E-state index in [0.717, 1.165) is 17.5 Å². The molecule has 0 spiro atoms. The third-order valence-corrected chi connectivity index (χ3v) is 3.77. The first-order chi connectivity index (χ1) is 9.56. The van der Waals surface area contributed by atoms with E-state index >= 15 is 0 Å². The predicted octanol–water partition coefficient (Wildman–Crippen LogP) is 2.20. The summed E-state index contributed by atoms with van der Waals surface area (Å²) < 4.78 is 0. The number of benzene rings is 1. The van der Waals surface area contributed by atoms with Crippen molar-refractivity contribution >= 4 is 12.0 Å². The summed E-state index contributed by atoms with van der Waals surface area (Å²) in [5.74, 6) is -0.931. The molecule has 5 nitrogen and oxygen atoms in total. The van der Waals surface area contributed by atoms with Gasteiger partial charge in [0.25, 0.3) is 0 Å². The van der Waals surface area contributed by atoms with E-state index in [4.69, 9.17) is 5.11 Å². The molecule has 0 bridgehead atoms. The molecule has 1 aliphatic rings. The molecule has 20 heavy (non-hydrogen) atoms. The number of carbonyl (C=O) groups is 2. The van der Waals surface area contributed by atoms with E-state index in [1.165, 1.54) is 0 Å². The van der Waals surface area contributed by atoms with Crippen molar-refractivity contribution in [2.45, 2.75) is 26.8 Å². The third-order valence-electron chi connectivity index (χ3n) is 3.77. The quantitative estimate of drug-likeness (QED) is 0.920. The van der Waals surface area contributed by atoms with E-state index in [1.807, 2.05) is 19.9 Å². The molecular weight excluding hydrogens is 256 g/mol. The first-order valence-electron chi connectivity index (χ1n) is 6.95. The lowest BCUT2D eigenvalue weighted by Crippen LogP contribution is -2.45. The van der Waals surface area contributed by atoms with Crippen molar-refractivity contribution in [3.05, 3.63) is 34.9 Å². The number of carboxylic acids is 1. The average molecular weight is 276 g/mol. The fourth-order valence-corrected chi connectivity index (χ4v) is 2.55. The fraction of sp³-hybridized carbons (Fsp3) is 0.467. The zero-order chi connectivity index (χ0) is 14.7. The lowest BCUT2D eigenvalue weighted by molar-refractivity contribution is 0.0696. The zero-order valence-corrected chi connectivity index (χ0v) is 11.9. The summed E-state index contributed by atoms with van der Waals surface area (Å²) in [6.07, 6.45) is 0.780. The minimum Gasteiger partial charge on any atom is -0.478 e. The Labute approximate surface area is 118 Å². The molecular formula is C15H20N2O3. The summed E-state index contributed by atoms with van der Waals surface area (Å²) in [5.41, 5.74) is 2.36. The Balaban J connectivity index is 2.19. The molecule has 2 rings (SSSR count). The Kier molecular flexibility index (Phi) is 4.27. The Bertz CT molecular complexity index is 524. The Morgan fingerprint density at radius 3 is 2.55 bits per heavy atom. The van der Waals surface area contributed by atoms with Gasteiger partial charge in [-0.2, -0.15) is 0 Å². The Hall–Kier alpha value is -2.04. The van der Waals surface area contributed by atoms with Gasteiger partial charge < -0.3 is 14.9 Å². The molecule has 108 valence electrons. The largest absolute Gasteiger partial charge is 0.478 e. The number of carbonyl (C=O) groups excluding carboxylic acids is 1. The summed E-state index contributed by atoms with van der Waals surface area (Å²) in [6, 6.07) is 5.20. The van der Waals surface area contributed by atoms with E-state index in [9.17, 15) is 9.59 Å². The third kappa shape index (κ3) is 2.76. The SMILES string of the molecule is CCN(CC)C(=O)N1CCc2ccc(C(=O)O)cc2C1. The molecule has 1 aromatic carbocycles. The van der Waals surface area contributed by atoms with Crippen LogP contribution in [0, 0.1) is 0 Å². The van der Waals surface area contributed by atoms with Crippen LogP contribution < -0.4 is 0 Å². The molecule has 2 amide bonds. The summed E-state index contributed by atoms with van der Waals surface area (Å²) in [6.45, 7) is 6.48. The molecule has 0 saturated heterocycles. The van der Waals surface area contributed by atoms with Gasteiger partial charge in [-0.3, -0.25) is 0 Å². The molecule has 0 saturated carbocycles. The van der Waals surface area contributed by atoms with Crippen molar-refractivity contribution in [3.63, 3.8) is 0 Å². The first-order valence-corrected chi connectivity index (χ1v) is 6.95. The van der Waals surface area contributed by atoms with Crippen LogP contribution in [0.5, 0.6) is 0 Å². The summed E-state index contributed by atoms with van der Waals surface area (Å²) in [5, 5.41) is 9.04. The highest BCUT2D eigenvalue weighted by atomic mass is 16.4. The van der Waals surface area contributed by atoms with E-state index in [1.54, 1.807) is 21.9 Å². The molecule has 0 aromatic heterocycles. The Morgan fingerprint density at radius 1 is 1.25 bits per heavy atom. The topological polar surface area (TPSA) is 60.9 Å². The maximum atomic E-state index is 12.3.